The van der Waals surface area contributed by atoms with Gasteiger partial charge in [0.25, 0.3) is 0 Å². The minimum atomic E-state index is -0.182. The van der Waals surface area contributed by atoms with Crippen LogP contribution < -0.4 is 5.73 Å². The molecule has 0 spiro atoms. The molecule has 2 N–H and O–H groups in total. The van der Waals surface area contributed by atoms with Gasteiger partial charge in [-0.25, -0.2) is 0 Å². The van der Waals surface area contributed by atoms with Gasteiger partial charge in [-0.2, -0.15) is 0 Å². The van der Waals surface area contributed by atoms with Crippen LogP contribution in [0.4, 0.5) is 0 Å². The first-order valence-corrected chi connectivity index (χ1v) is 6.34. The maximum absolute atomic E-state index is 11.6. The molecule has 0 saturated carbocycles. The third kappa shape index (κ3) is 5.32. The van der Waals surface area contributed by atoms with Crippen LogP contribution in [0, 0.1) is 5.41 Å². The van der Waals surface area contributed by atoms with Gasteiger partial charge in [-0.05, 0) is 17.4 Å². The van der Waals surface area contributed by atoms with Crippen LogP contribution in [-0.4, -0.2) is 12.0 Å². The Hall–Kier alpha value is -1.35. The monoisotopic (exact) mass is 249 g/mol. The highest BCUT2D eigenvalue weighted by Gasteiger charge is 2.21. The number of hydrogen-bond acceptors (Lipinski definition) is 3. The predicted molar refractivity (Wildman–Crippen MR) is 72.9 cm³/mol. The molecule has 1 atom stereocenters. The highest BCUT2D eigenvalue weighted by Crippen LogP contribution is 2.20. The van der Waals surface area contributed by atoms with E-state index in [2.05, 4.69) is 20.8 Å². The van der Waals surface area contributed by atoms with Crippen LogP contribution in [0.5, 0.6) is 0 Å². The normalized spacial score (nSPS) is 13.1. The summed E-state index contributed by atoms with van der Waals surface area (Å²) in [6.45, 7) is 6.57. The van der Waals surface area contributed by atoms with Gasteiger partial charge in [-0.3, -0.25) is 4.79 Å². The second-order valence-electron chi connectivity index (χ2n) is 5.66. The first-order chi connectivity index (χ1) is 8.39. The standard InChI is InChI=1S/C15H23NO2/c1-15(2,3)13(16)9-10-14(17)18-11-12-7-5-4-6-8-12/h4-8,13H,9-11,16H2,1-3H3. The quantitative estimate of drug-likeness (QED) is 0.816. The van der Waals surface area contributed by atoms with E-state index >= 15 is 0 Å². The molecule has 0 aliphatic heterocycles. The van der Waals surface area contributed by atoms with Crippen LogP contribution in [0.2, 0.25) is 0 Å². The molecule has 18 heavy (non-hydrogen) atoms. The molecule has 0 aliphatic carbocycles. The Bertz CT molecular complexity index is 368. The highest BCUT2D eigenvalue weighted by molar-refractivity contribution is 5.69. The lowest BCUT2D eigenvalue weighted by molar-refractivity contribution is -0.145. The number of esters is 1. The van der Waals surface area contributed by atoms with Crippen LogP contribution in [0.3, 0.4) is 0 Å². The molecular formula is C15H23NO2. The molecule has 0 bridgehead atoms. The van der Waals surface area contributed by atoms with Crippen LogP contribution >= 0.6 is 0 Å². The van der Waals surface area contributed by atoms with Gasteiger partial charge in [0.15, 0.2) is 0 Å². The van der Waals surface area contributed by atoms with Gasteiger partial charge in [0.1, 0.15) is 6.61 Å². The van der Waals surface area contributed by atoms with E-state index in [1.165, 1.54) is 0 Å². The molecule has 0 heterocycles. The van der Waals surface area contributed by atoms with E-state index in [0.29, 0.717) is 19.4 Å². The fourth-order valence-corrected chi connectivity index (χ4v) is 1.52. The Balaban J connectivity index is 2.27. The average Bonchev–Trinajstić information content (AvgIpc) is 2.33. The molecule has 1 unspecified atom stereocenters. The Kier molecular flexibility index (Phi) is 5.35. The lowest BCUT2D eigenvalue weighted by Crippen LogP contribution is -2.35. The second-order valence-corrected chi connectivity index (χ2v) is 5.66. The smallest absolute Gasteiger partial charge is 0.306 e. The van der Waals surface area contributed by atoms with Crippen molar-refractivity contribution in [2.45, 2.75) is 46.3 Å². The van der Waals surface area contributed by atoms with Crippen molar-refractivity contribution in [1.29, 1.82) is 0 Å². The molecule has 1 rings (SSSR count). The number of hydrogen-bond donors (Lipinski definition) is 1. The molecule has 0 saturated heterocycles. The number of carbonyl (C=O) groups is 1. The zero-order valence-electron chi connectivity index (χ0n) is 11.5. The van der Waals surface area contributed by atoms with Crippen molar-refractivity contribution in [2.24, 2.45) is 11.1 Å². The molecule has 0 aliphatic rings. The van der Waals surface area contributed by atoms with Crippen molar-refractivity contribution < 1.29 is 9.53 Å². The number of nitrogens with two attached hydrogens (primary N) is 1. The summed E-state index contributed by atoms with van der Waals surface area (Å²) in [4.78, 5) is 11.6. The van der Waals surface area contributed by atoms with E-state index < -0.39 is 0 Å². The number of benzene rings is 1. The van der Waals surface area contributed by atoms with E-state index in [4.69, 9.17) is 10.5 Å². The van der Waals surface area contributed by atoms with Gasteiger partial charge in [-0.1, -0.05) is 51.1 Å². The minimum absolute atomic E-state index is 0.0155. The molecule has 0 radical (unpaired) electrons. The summed E-state index contributed by atoms with van der Waals surface area (Å²) in [7, 11) is 0. The highest BCUT2D eigenvalue weighted by atomic mass is 16.5. The van der Waals surface area contributed by atoms with Crippen molar-refractivity contribution in [1.82, 2.24) is 0 Å². The van der Waals surface area contributed by atoms with Gasteiger partial charge in [0, 0.05) is 12.5 Å². The summed E-state index contributed by atoms with van der Waals surface area (Å²) in [5.74, 6) is -0.182. The van der Waals surface area contributed by atoms with Gasteiger partial charge in [0.05, 0.1) is 0 Å². The predicted octanol–water partition coefficient (Wildman–Crippen LogP) is 2.88. The van der Waals surface area contributed by atoms with Gasteiger partial charge in [0.2, 0.25) is 0 Å². The number of ether oxygens (including phenoxy) is 1. The van der Waals surface area contributed by atoms with Crippen LogP contribution in [0.25, 0.3) is 0 Å². The third-order valence-electron chi connectivity index (χ3n) is 3.01. The molecular weight excluding hydrogens is 226 g/mol. The van der Waals surface area contributed by atoms with Crippen molar-refractivity contribution >= 4 is 5.97 Å². The Morgan fingerprint density at radius 3 is 2.44 bits per heavy atom. The first kappa shape index (κ1) is 14.7. The summed E-state index contributed by atoms with van der Waals surface area (Å²) in [5.41, 5.74) is 7.03. The van der Waals surface area contributed by atoms with E-state index in [1.54, 1.807) is 0 Å². The maximum atomic E-state index is 11.6. The summed E-state index contributed by atoms with van der Waals surface area (Å²) in [5, 5.41) is 0. The maximum Gasteiger partial charge on any atom is 0.306 e. The molecule has 0 fully saturated rings. The van der Waals surface area contributed by atoms with E-state index in [1.807, 2.05) is 30.3 Å². The Labute approximate surface area is 109 Å². The van der Waals surface area contributed by atoms with Crippen LogP contribution in [0.15, 0.2) is 30.3 Å². The summed E-state index contributed by atoms with van der Waals surface area (Å²) < 4.78 is 5.20. The molecule has 0 amide bonds. The molecule has 1 aromatic carbocycles. The van der Waals surface area contributed by atoms with Gasteiger partial charge < -0.3 is 10.5 Å². The Morgan fingerprint density at radius 2 is 1.89 bits per heavy atom. The fourth-order valence-electron chi connectivity index (χ4n) is 1.52. The molecule has 100 valence electrons. The summed E-state index contributed by atoms with van der Waals surface area (Å²) >= 11 is 0. The second kappa shape index (κ2) is 6.55. The van der Waals surface area contributed by atoms with E-state index in [9.17, 15) is 4.79 Å². The van der Waals surface area contributed by atoms with Crippen LogP contribution in [-0.2, 0) is 16.1 Å². The van der Waals surface area contributed by atoms with Crippen molar-refractivity contribution in [2.75, 3.05) is 0 Å². The largest absolute Gasteiger partial charge is 0.461 e. The van der Waals surface area contributed by atoms with Gasteiger partial charge >= 0.3 is 5.97 Å². The lowest BCUT2D eigenvalue weighted by Gasteiger charge is -2.26. The van der Waals surface area contributed by atoms with Crippen molar-refractivity contribution in [3.8, 4) is 0 Å². The minimum Gasteiger partial charge on any atom is -0.461 e. The zero-order chi connectivity index (χ0) is 13.6. The number of carbonyl (C=O) groups excluding carboxylic acids is 1. The van der Waals surface area contributed by atoms with Crippen molar-refractivity contribution in [3.05, 3.63) is 35.9 Å². The molecule has 3 heteroatoms. The van der Waals surface area contributed by atoms with Gasteiger partial charge in [-0.15, -0.1) is 0 Å². The zero-order valence-corrected chi connectivity index (χ0v) is 11.5. The lowest BCUT2D eigenvalue weighted by atomic mass is 9.85. The fraction of sp³-hybridized carbons (Fsp3) is 0.533. The molecule has 1 aromatic rings. The Morgan fingerprint density at radius 1 is 1.28 bits per heavy atom. The topological polar surface area (TPSA) is 52.3 Å². The average molecular weight is 249 g/mol. The van der Waals surface area contributed by atoms with E-state index in [0.717, 1.165) is 5.56 Å². The molecule has 3 nitrogen and oxygen atoms in total. The van der Waals surface area contributed by atoms with E-state index in [-0.39, 0.29) is 17.4 Å². The first-order valence-electron chi connectivity index (χ1n) is 6.34. The van der Waals surface area contributed by atoms with Crippen LogP contribution in [0.1, 0.15) is 39.2 Å². The molecule has 0 aromatic heterocycles. The SMILES string of the molecule is CC(C)(C)C(N)CCC(=O)OCc1ccccc1. The third-order valence-corrected chi connectivity index (χ3v) is 3.01. The summed E-state index contributed by atoms with van der Waals surface area (Å²) in [6, 6.07) is 9.69. The number of rotatable bonds is 5. The van der Waals surface area contributed by atoms with Crippen molar-refractivity contribution in [3.63, 3.8) is 0 Å². The summed E-state index contributed by atoms with van der Waals surface area (Å²) in [6.07, 6.45) is 1.04.